The zero-order valence-electron chi connectivity index (χ0n) is 13.9. The lowest BCUT2D eigenvalue weighted by atomic mass is 9.88. The van der Waals surface area contributed by atoms with Gasteiger partial charge in [-0.1, -0.05) is 57.2 Å². The number of primary amides is 1. The summed E-state index contributed by atoms with van der Waals surface area (Å²) >= 11 is 0. The summed E-state index contributed by atoms with van der Waals surface area (Å²) in [6.45, 7) is 8.59. The van der Waals surface area contributed by atoms with Crippen molar-refractivity contribution in [2.75, 3.05) is 0 Å². The summed E-state index contributed by atoms with van der Waals surface area (Å²) in [5.74, 6) is 0.388. The van der Waals surface area contributed by atoms with E-state index in [0.717, 1.165) is 12.0 Å². The number of amides is 1. The molecule has 116 valence electrons. The van der Waals surface area contributed by atoms with E-state index in [4.69, 9.17) is 5.73 Å². The predicted molar refractivity (Wildman–Crippen MR) is 92.3 cm³/mol. The van der Waals surface area contributed by atoms with Gasteiger partial charge >= 0.3 is 0 Å². The molecule has 0 saturated heterocycles. The first-order valence-corrected chi connectivity index (χ1v) is 7.88. The van der Waals surface area contributed by atoms with Crippen LogP contribution in [0, 0.1) is 6.92 Å². The van der Waals surface area contributed by atoms with Gasteiger partial charge in [-0.15, -0.1) is 0 Å². The third-order valence-corrected chi connectivity index (χ3v) is 4.26. The topological polar surface area (TPSA) is 43.1 Å². The molecule has 2 rings (SSSR count). The second-order valence-corrected chi connectivity index (χ2v) is 6.40. The number of rotatable bonds is 5. The van der Waals surface area contributed by atoms with Crippen LogP contribution in [0.2, 0.25) is 0 Å². The van der Waals surface area contributed by atoms with Gasteiger partial charge in [0.05, 0.1) is 0 Å². The van der Waals surface area contributed by atoms with Gasteiger partial charge in [0.25, 0.3) is 0 Å². The highest BCUT2D eigenvalue weighted by Gasteiger charge is 2.14. The fourth-order valence-corrected chi connectivity index (χ4v) is 3.04. The standard InChI is InChI=1S/C20H25NO/c1-13(2)19-12-16(9-10-18(19)20(21)22)11-15(4)17-8-6-5-7-14(17)3/h5-10,12-13,15H,11H2,1-4H3,(H2,21,22). The number of carbonyl (C=O) groups excluding carboxylic acids is 1. The number of hydrogen-bond acceptors (Lipinski definition) is 1. The van der Waals surface area contributed by atoms with Crippen LogP contribution in [0.4, 0.5) is 0 Å². The minimum Gasteiger partial charge on any atom is -0.366 e. The summed E-state index contributed by atoms with van der Waals surface area (Å²) in [6.07, 6.45) is 0.962. The summed E-state index contributed by atoms with van der Waals surface area (Å²) < 4.78 is 0. The maximum Gasteiger partial charge on any atom is 0.248 e. The van der Waals surface area contributed by atoms with E-state index >= 15 is 0 Å². The Kier molecular flexibility index (Phi) is 5.02. The molecule has 0 aliphatic heterocycles. The van der Waals surface area contributed by atoms with Crippen molar-refractivity contribution in [3.8, 4) is 0 Å². The first kappa shape index (κ1) is 16.3. The quantitative estimate of drug-likeness (QED) is 0.863. The summed E-state index contributed by atoms with van der Waals surface area (Å²) in [6, 6.07) is 14.6. The van der Waals surface area contributed by atoms with Crippen LogP contribution < -0.4 is 5.73 Å². The van der Waals surface area contributed by atoms with Crippen LogP contribution in [0.5, 0.6) is 0 Å². The van der Waals surface area contributed by atoms with Gasteiger partial charge in [-0.05, 0) is 53.5 Å². The van der Waals surface area contributed by atoms with Gasteiger partial charge in [0.2, 0.25) is 5.91 Å². The van der Waals surface area contributed by atoms with E-state index in [1.54, 1.807) is 0 Å². The molecule has 0 spiro atoms. The monoisotopic (exact) mass is 295 g/mol. The van der Waals surface area contributed by atoms with E-state index in [1.165, 1.54) is 16.7 Å². The van der Waals surface area contributed by atoms with E-state index in [0.29, 0.717) is 11.5 Å². The number of aryl methyl sites for hydroxylation is 1. The highest BCUT2D eigenvalue weighted by molar-refractivity contribution is 5.94. The zero-order valence-corrected chi connectivity index (χ0v) is 13.9. The number of nitrogens with two attached hydrogens (primary N) is 1. The maximum atomic E-state index is 11.5. The Labute approximate surface area is 133 Å². The van der Waals surface area contributed by atoms with Crippen LogP contribution in [-0.4, -0.2) is 5.91 Å². The average molecular weight is 295 g/mol. The molecule has 0 aliphatic carbocycles. The maximum absolute atomic E-state index is 11.5. The summed E-state index contributed by atoms with van der Waals surface area (Å²) in [5.41, 5.74) is 11.1. The third-order valence-electron chi connectivity index (χ3n) is 4.26. The largest absolute Gasteiger partial charge is 0.366 e. The van der Waals surface area contributed by atoms with Crippen LogP contribution in [-0.2, 0) is 6.42 Å². The Balaban J connectivity index is 2.29. The summed E-state index contributed by atoms with van der Waals surface area (Å²) in [7, 11) is 0. The van der Waals surface area contributed by atoms with Crippen LogP contribution in [0.3, 0.4) is 0 Å². The van der Waals surface area contributed by atoms with E-state index in [2.05, 4.69) is 58.0 Å². The molecule has 1 unspecified atom stereocenters. The van der Waals surface area contributed by atoms with Crippen LogP contribution >= 0.6 is 0 Å². The van der Waals surface area contributed by atoms with E-state index in [-0.39, 0.29) is 11.8 Å². The Morgan fingerprint density at radius 1 is 1.05 bits per heavy atom. The lowest BCUT2D eigenvalue weighted by Gasteiger charge is -2.17. The lowest BCUT2D eigenvalue weighted by molar-refractivity contribution is 0.0999. The second-order valence-electron chi connectivity index (χ2n) is 6.40. The fourth-order valence-electron chi connectivity index (χ4n) is 3.04. The van der Waals surface area contributed by atoms with Gasteiger partial charge in [0, 0.05) is 5.56 Å². The molecule has 2 aromatic rings. The minimum atomic E-state index is -0.345. The van der Waals surface area contributed by atoms with Gasteiger partial charge in [-0.2, -0.15) is 0 Å². The van der Waals surface area contributed by atoms with E-state index in [1.807, 2.05) is 12.1 Å². The molecule has 0 aliphatic rings. The molecular formula is C20H25NO. The SMILES string of the molecule is Cc1ccccc1C(C)Cc1ccc(C(N)=O)c(C(C)C)c1. The zero-order chi connectivity index (χ0) is 16.3. The summed E-state index contributed by atoms with van der Waals surface area (Å²) in [4.78, 5) is 11.5. The van der Waals surface area contributed by atoms with Crippen molar-refractivity contribution in [1.29, 1.82) is 0 Å². The number of carbonyl (C=O) groups is 1. The van der Waals surface area contributed by atoms with Crippen molar-refractivity contribution in [2.45, 2.75) is 46.0 Å². The number of benzene rings is 2. The molecule has 1 amide bonds. The Morgan fingerprint density at radius 2 is 1.73 bits per heavy atom. The smallest absolute Gasteiger partial charge is 0.248 e. The molecule has 0 radical (unpaired) electrons. The fraction of sp³-hybridized carbons (Fsp3) is 0.350. The van der Waals surface area contributed by atoms with Crippen molar-refractivity contribution < 1.29 is 4.79 Å². The molecule has 2 heteroatoms. The molecule has 2 nitrogen and oxygen atoms in total. The lowest BCUT2D eigenvalue weighted by Crippen LogP contribution is -2.15. The van der Waals surface area contributed by atoms with Gasteiger partial charge in [-0.3, -0.25) is 4.79 Å². The molecule has 2 N–H and O–H groups in total. The minimum absolute atomic E-state index is 0.288. The normalized spacial score (nSPS) is 12.4. The first-order valence-electron chi connectivity index (χ1n) is 7.88. The molecule has 2 aromatic carbocycles. The molecule has 0 saturated carbocycles. The second kappa shape index (κ2) is 6.78. The van der Waals surface area contributed by atoms with E-state index in [9.17, 15) is 4.79 Å². The molecule has 0 fully saturated rings. The highest BCUT2D eigenvalue weighted by Crippen LogP contribution is 2.26. The van der Waals surface area contributed by atoms with Crippen molar-refractivity contribution >= 4 is 5.91 Å². The van der Waals surface area contributed by atoms with Gasteiger partial charge in [0.15, 0.2) is 0 Å². The predicted octanol–water partition coefficient (Wildman–Crippen LogP) is 4.56. The van der Waals surface area contributed by atoms with Crippen molar-refractivity contribution in [3.05, 3.63) is 70.3 Å². The van der Waals surface area contributed by atoms with Crippen LogP contribution in [0.15, 0.2) is 42.5 Å². The van der Waals surface area contributed by atoms with Crippen LogP contribution in [0.25, 0.3) is 0 Å². The van der Waals surface area contributed by atoms with Gasteiger partial charge < -0.3 is 5.73 Å². The molecule has 1 atom stereocenters. The Hall–Kier alpha value is -2.09. The third kappa shape index (κ3) is 3.56. The average Bonchev–Trinajstić information content (AvgIpc) is 2.47. The molecule has 0 aromatic heterocycles. The van der Waals surface area contributed by atoms with Crippen LogP contribution in [0.1, 0.15) is 65.2 Å². The van der Waals surface area contributed by atoms with Crippen molar-refractivity contribution in [2.24, 2.45) is 5.73 Å². The molecule has 0 heterocycles. The van der Waals surface area contributed by atoms with Gasteiger partial charge in [0.1, 0.15) is 0 Å². The molecular weight excluding hydrogens is 270 g/mol. The highest BCUT2D eigenvalue weighted by atomic mass is 16.1. The van der Waals surface area contributed by atoms with Gasteiger partial charge in [-0.25, -0.2) is 0 Å². The van der Waals surface area contributed by atoms with E-state index < -0.39 is 0 Å². The Morgan fingerprint density at radius 3 is 2.32 bits per heavy atom. The van der Waals surface area contributed by atoms with Crippen molar-refractivity contribution in [3.63, 3.8) is 0 Å². The molecule has 0 bridgehead atoms. The first-order chi connectivity index (χ1) is 10.4. The van der Waals surface area contributed by atoms with Crippen molar-refractivity contribution in [1.82, 2.24) is 0 Å². The summed E-state index contributed by atoms with van der Waals surface area (Å²) in [5, 5.41) is 0. The Bertz CT molecular complexity index is 673. The number of hydrogen-bond donors (Lipinski definition) is 1. The molecule has 22 heavy (non-hydrogen) atoms.